The van der Waals surface area contributed by atoms with Gasteiger partial charge in [0.15, 0.2) is 0 Å². The second-order valence-corrected chi connectivity index (χ2v) is 12.4. The molecular formula is C31H38N6O3. The van der Waals surface area contributed by atoms with Crippen LogP contribution >= 0.6 is 0 Å². The molecule has 40 heavy (non-hydrogen) atoms. The molecule has 1 aromatic heterocycles. The fourth-order valence-electron chi connectivity index (χ4n) is 5.50. The molecule has 2 saturated heterocycles. The Hall–Kier alpha value is -3.90. The summed E-state index contributed by atoms with van der Waals surface area (Å²) in [5.74, 6) is 0.208. The number of aromatic nitrogens is 2. The Bertz CT molecular complexity index is 1450. The lowest BCUT2D eigenvalue weighted by Gasteiger charge is -2.47. The molecule has 0 bridgehead atoms. The summed E-state index contributed by atoms with van der Waals surface area (Å²) in [4.78, 5) is 30.0. The Kier molecular flexibility index (Phi) is 7.32. The number of anilines is 1. The predicted octanol–water partition coefficient (Wildman–Crippen LogP) is 5.08. The highest BCUT2D eigenvalue weighted by Gasteiger charge is 2.39. The molecule has 9 nitrogen and oxygen atoms in total. The van der Waals surface area contributed by atoms with Gasteiger partial charge in [-0.2, -0.15) is 10.4 Å². The van der Waals surface area contributed by atoms with E-state index >= 15 is 0 Å². The Morgan fingerprint density at radius 2 is 1.70 bits per heavy atom. The first-order chi connectivity index (χ1) is 19.0. The monoisotopic (exact) mass is 542 g/mol. The van der Waals surface area contributed by atoms with Gasteiger partial charge in [0, 0.05) is 41.8 Å². The molecule has 210 valence electrons. The van der Waals surface area contributed by atoms with Crippen molar-refractivity contribution in [3.63, 3.8) is 0 Å². The second kappa shape index (κ2) is 10.6. The lowest BCUT2D eigenvalue weighted by Crippen LogP contribution is -2.62. The molecule has 2 amide bonds. The first-order valence-corrected chi connectivity index (χ1v) is 14.0. The normalized spacial score (nSPS) is 17.4. The third-order valence-corrected chi connectivity index (χ3v) is 8.06. The summed E-state index contributed by atoms with van der Waals surface area (Å²) in [6.07, 6.45) is 5.69. The molecule has 1 N–H and O–H groups in total. The van der Waals surface area contributed by atoms with Crippen LogP contribution in [0.1, 0.15) is 64.5 Å². The largest absolute Gasteiger partial charge is 0.444 e. The number of carbonyl (C=O) groups excluding carboxylic acids is 2. The molecule has 3 aromatic rings. The number of hydrogen-bond acceptors (Lipinski definition) is 6. The summed E-state index contributed by atoms with van der Waals surface area (Å²) < 4.78 is 7.23. The maximum atomic E-state index is 13.4. The number of amides is 2. The van der Waals surface area contributed by atoms with Crippen molar-refractivity contribution >= 4 is 28.5 Å². The fourth-order valence-corrected chi connectivity index (χ4v) is 5.50. The van der Waals surface area contributed by atoms with Crippen LogP contribution in [-0.4, -0.2) is 69.4 Å². The molecule has 0 atom stereocenters. The van der Waals surface area contributed by atoms with Gasteiger partial charge in [-0.3, -0.25) is 14.4 Å². The van der Waals surface area contributed by atoms with E-state index in [1.54, 1.807) is 21.7 Å². The van der Waals surface area contributed by atoms with Gasteiger partial charge in [-0.25, -0.2) is 4.79 Å². The lowest BCUT2D eigenvalue weighted by molar-refractivity contribution is -0.123. The van der Waals surface area contributed by atoms with E-state index < -0.39 is 11.1 Å². The van der Waals surface area contributed by atoms with Crippen molar-refractivity contribution in [1.82, 2.24) is 19.6 Å². The SMILES string of the molecule is CC(C)(C)OC(=O)N1CC(N2CCC(c3cnn(C(C)(C)C(=O)Nc4ccc(C#N)c5ccccc45)c3)CC2)C1. The molecule has 5 rings (SSSR count). The van der Waals surface area contributed by atoms with Crippen LogP contribution in [0.25, 0.3) is 10.8 Å². The summed E-state index contributed by atoms with van der Waals surface area (Å²) in [6.45, 7) is 12.8. The van der Waals surface area contributed by atoms with Crippen LogP contribution < -0.4 is 5.32 Å². The van der Waals surface area contributed by atoms with Crippen molar-refractivity contribution < 1.29 is 14.3 Å². The average Bonchev–Trinajstić information content (AvgIpc) is 3.39. The highest BCUT2D eigenvalue weighted by atomic mass is 16.6. The Labute approximate surface area is 235 Å². The zero-order chi connectivity index (χ0) is 28.7. The average molecular weight is 543 g/mol. The van der Waals surface area contributed by atoms with Crippen LogP contribution in [-0.2, 0) is 15.1 Å². The molecule has 0 saturated carbocycles. The first-order valence-electron chi connectivity index (χ1n) is 14.0. The Balaban J connectivity index is 1.18. The molecule has 3 heterocycles. The number of nitriles is 1. The van der Waals surface area contributed by atoms with E-state index in [4.69, 9.17) is 4.74 Å². The minimum atomic E-state index is -0.912. The Morgan fingerprint density at radius 3 is 2.35 bits per heavy atom. The van der Waals surface area contributed by atoms with Crippen LogP contribution in [0.15, 0.2) is 48.8 Å². The zero-order valence-electron chi connectivity index (χ0n) is 24.0. The molecule has 0 aliphatic carbocycles. The number of hydrogen-bond donors (Lipinski definition) is 1. The van der Waals surface area contributed by atoms with E-state index in [-0.39, 0.29) is 12.0 Å². The van der Waals surface area contributed by atoms with Crippen molar-refractivity contribution in [2.24, 2.45) is 0 Å². The van der Waals surface area contributed by atoms with Crippen LogP contribution in [0.3, 0.4) is 0 Å². The van der Waals surface area contributed by atoms with Gasteiger partial charge in [0.05, 0.1) is 17.8 Å². The van der Waals surface area contributed by atoms with Crippen molar-refractivity contribution in [1.29, 1.82) is 5.26 Å². The maximum absolute atomic E-state index is 13.4. The van der Waals surface area contributed by atoms with E-state index in [0.717, 1.165) is 55.4 Å². The summed E-state index contributed by atoms with van der Waals surface area (Å²) in [5.41, 5.74) is 1.01. The summed E-state index contributed by atoms with van der Waals surface area (Å²) in [5, 5.41) is 18.8. The molecule has 2 aliphatic rings. The second-order valence-electron chi connectivity index (χ2n) is 12.4. The van der Waals surface area contributed by atoms with Crippen molar-refractivity contribution in [2.45, 2.75) is 70.6 Å². The number of rotatable bonds is 5. The molecule has 2 aromatic carbocycles. The summed E-state index contributed by atoms with van der Waals surface area (Å²) in [7, 11) is 0. The van der Waals surface area contributed by atoms with E-state index in [0.29, 0.717) is 23.2 Å². The van der Waals surface area contributed by atoms with Gasteiger partial charge in [0.25, 0.3) is 5.91 Å². The van der Waals surface area contributed by atoms with Crippen LogP contribution in [0.2, 0.25) is 0 Å². The van der Waals surface area contributed by atoms with Gasteiger partial charge in [-0.05, 0) is 84.2 Å². The zero-order valence-corrected chi connectivity index (χ0v) is 24.0. The quantitative estimate of drug-likeness (QED) is 0.482. The van der Waals surface area contributed by atoms with Crippen LogP contribution in [0, 0.1) is 11.3 Å². The van der Waals surface area contributed by atoms with Gasteiger partial charge in [-0.15, -0.1) is 0 Å². The third-order valence-electron chi connectivity index (χ3n) is 8.06. The number of piperidine rings is 1. The highest BCUT2D eigenvalue weighted by Crippen LogP contribution is 2.32. The molecule has 9 heteroatoms. The Morgan fingerprint density at radius 1 is 1.02 bits per heavy atom. The van der Waals surface area contributed by atoms with Gasteiger partial charge >= 0.3 is 6.09 Å². The van der Waals surface area contributed by atoms with Crippen LogP contribution in [0.5, 0.6) is 0 Å². The van der Waals surface area contributed by atoms with Crippen LogP contribution in [0.4, 0.5) is 10.5 Å². The number of nitrogens with zero attached hydrogens (tertiary/aromatic N) is 5. The van der Waals surface area contributed by atoms with E-state index in [1.807, 2.05) is 71.3 Å². The summed E-state index contributed by atoms with van der Waals surface area (Å²) >= 11 is 0. The van der Waals surface area contributed by atoms with Crippen molar-refractivity contribution in [3.05, 3.63) is 59.9 Å². The van der Waals surface area contributed by atoms with E-state index in [2.05, 4.69) is 21.4 Å². The van der Waals surface area contributed by atoms with Gasteiger partial charge in [0.2, 0.25) is 0 Å². The fraction of sp³-hybridized carbons (Fsp3) is 0.484. The van der Waals surface area contributed by atoms with Crippen molar-refractivity contribution in [3.8, 4) is 6.07 Å². The number of benzene rings is 2. The standard InChI is InChI=1S/C31H38N6O3/c1-30(2,3)40-29(39)36-19-24(20-36)35-14-12-21(13-15-35)23-17-33-37(18-23)31(4,5)28(38)34-27-11-10-22(16-32)25-8-6-7-9-26(25)27/h6-11,17-18,21,24H,12-15,19-20H2,1-5H3,(H,34,38). The molecule has 2 aliphatic heterocycles. The number of nitrogens with one attached hydrogen (secondary N) is 1. The van der Waals surface area contributed by atoms with E-state index in [1.165, 1.54) is 0 Å². The third kappa shape index (κ3) is 5.54. The highest BCUT2D eigenvalue weighted by molar-refractivity contribution is 6.05. The first kappa shape index (κ1) is 27.7. The number of ether oxygens (including phenoxy) is 1. The van der Waals surface area contributed by atoms with Gasteiger partial charge < -0.3 is 15.0 Å². The topological polar surface area (TPSA) is 103 Å². The van der Waals surface area contributed by atoms with Crippen molar-refractivity contribution in [2.75, 3.05) is 31.5 Å². The maximum Gasteiger partial charge on any atom is 0.410 e. The van der Waals surface area contributed by atoms with Gasteiger partial charge in [0.1, 0.15) is 11.1 Å². The number of likely N-dealkylation sites (tertiary alicyclic amines) is 2. The minimum Gasteiger partial charge on any atom is -0.444 e. The molecule has 0 radical (unpaired) electrons. The number of carbonyl (C=O) groups is 2. The predicted molar refractivity (Wildman–Crippen MR) is 154 cm³/mol. The molecule has 0 spiro atoms. The summed E-state index contributed by atoms with van der Waals surface area (Å²) in [6, 6.07) is 13.7. The van der Waals surface area contributed by atoms with Gasteiger partial charge in [-0.1, -0.05) is 24.3 Å². The minimum absolute atomic E-state index is 0.175. The smallest absolute Gasteiger partial charge is 0.410 e. The lowest BCUT2D eigenvalue weighted by atomic mass is 9.90. The van der Waals surface area contributed by atoms with E-state index in [9.17, 15) is 14.9 Å². The molecule has 0 unspecified atom stereocenters. The molecule has 2 fully saturated rings. The number of fused-ring (bicyclic) bond motifs is 1. The molecular weight excluding hydrogens is 504 g/mol.